The first-order chi connectivity index (χ1) is 16.2. The summed E-state index contributed by atoms with van der Waals surface area (Å²) in [6, 6.07) is 11.3. The number of esters is 1. The van der Waals surface area contributed by atoms with Gasteiger partial charge in [0.1, 0.15) is 18.5 Å². The predicted molar refractivity (Wildman–Crippen MR) is 128 cm³/mol. The Bertz CT molecular complexity index is 1160. The summed E-state index contributed by atoms with van der Waals surface area (Å²) >= 11 is 0. The van der Waals surface area contributed by atoms with Gasteiger partial charge in [0, 0.05) is 31.0 Å². The number of aliphatic hydroxyl groups is 1. The molecule has 2 aromatic rings. The van der Waals surface area contributed by atoms with Crippen molar-refractivity contribution in [1.82, 2.24) is 0 Å². The molecule has 1 aliphatic heterocycles. The first kappa shape index (κ1) is 25.5. The molecule has 0 aliphatic carbocycles. The Hall–Kier alpha value is -3.11. The number of anilines is 1. The van der Waals surface area contributed by atoms with E-state index in [1.54, 1.807) is 49.4 Å². The third-order valence-corrected chi connectivity index (χ3v) is 7.58. The van der Waals surface area contributed by atoms with E-state index in [-0.39, 0.29) is 54.3 Å². The number of hydrogen-bond acceptors (Lipinski definition) is 8. The number of benzene rings is 2. The molecular formula is C24H30N2O7S. The second-order valence-electron chi connectivity index (χ2n) is 7.91. The zero-order valence-electron chi connectivity index (χ0n) is 19.8. The molecule has 10 heteroatoms. The van der Waals surface area contributed by atoms with E-state index in [0.717, 1.165) is 5.56 Å². The highest BCUT2D eigenvalue weighted by Crippen LogP contribution is 2.43. The Morgan fingerprint density at radius 2 is 1.88 bits per heavy atom. The summed E-state index contributed by atoms with van der Waals surface area (Å²) in [5.74, 6) is -0.0566. The maximum atomic E-state index is 13.7. The van der Waals surface area contributed by atoms with Gasteiger partial charge in [-0.1, -0.05) is 22.9 Å². The van der Waals surface area contributed by atoms with Gasteiger partial charge in [0.2, 0.25) is 0 Å². The molecule has 0 spiro atoms. The third kappa shape index (κ3) is 5.02. The van der Waals surface area contributed by atoms with Crippen molar-refractivity contribution in [2.75, 3.05) is 31.7 Å². The van der Waals surface area contributed by atoms with E-state index in [1.807, 2.05) is 6.92 Å². The monoisotopic (exact) mass is 490 g/mol. The zero-order chi connectivity index (χ0) is 24.9. The number of hydrogen-bond donors (Lipinski definition) is 1. The van der Waals surface area contributed by atoms with Crippen LogP contribution in [-0.2, 0) is 30.0 Å². The largest absolute Gasteiger partial charge is 0.497 e. The average molecular weight is 491 g/mol. The smallest absolute Gasteiger partial charge is 0.305 e. The molecule has 1 heterocycles. The fourth-order valence-electron chi connectivity index (χ4n) is 4.00. The second kappa shape index (κ2) is 10.4. The molecule has 1 atom stereocenters. The first-order valence-electron chi connectivity index (χ1n) is 10.9. The summed E-state index contributed by atoms with van der Waals surface area (Å²) in [4.78, 5) is 17.2. The third-order valence-electron chi connectivity index (χ3n) is 5.75. The number of methoxy groups -OCH3 is 1. The van der Waals surface area contributed by atoms with Gasteiger partial charge in [-0.2, -0.15) is 0 Å². The van der Waals surface area contributed by atoms with Crippen LogP contribution in [0.4, 0.5) is 5.69 Å². The van der Waals surface area contributed by atoms with Gasteiger partial charge >= 0.3 is 5.97 Å². The molecule has 0 fully saturated rings. The minimum absolute atomic E-state index is 0.000285. The topological polar surface area (TPSA) is 115 Å². The number of ether oxygens (including phenoxy) is 2. The molecule has 3 rings (SSSR count). The van der Waals surface area contributed by atoms with Gasteiger partial charge in [-0.3, -0.25) is 9.10 Å². The summed E-state index contributed by atoms with van der Waals surface area (Å²) in [5, 5.41) is 15.9. The minimum Gasteiger partial charge on any atom is -0.497 e. The van der Waals surface area contributed by atoms with E-state index >= 15 is 0 Å². The van der Waals surface area contributed by atoms with Gasteiger partial charge in [0.15, 0.2) is 0 Å². The summed E-state index contributed by atoms with van der Waals surface area (Å²) in [6.07, 6.45) is -0.0791. The van der Waals surface area contributed by atoms with E-state index in [9.17, 15) is 18.3 Å². The van der Waals surface area contributed by atoms with E-state index in [1.165, 1.54) is 18.5 Å². The Kier molecular flexibility index (Phi) is 7.83. The molecule has 2 aromatic carbocycles. The van der Waals surface area contributed by atoms with Gasteiger partial charge in [0.25, 0.3) is 10.0 Å². The molecule has 184 valence electrons. The van der Waals surface area contributed by atoms with Crippen LogP contribution in [-0.4, -0.2) is 52.6 Å². The Labute approximate surface area is 200 Å². The molecule has 1 N–H and O–H groups in total. The predicted octanol–water partition coefficient (Wildman–Crippen LogP) is 3.14. The highest BCUT2D eigenvalue weighted by Gasteiger charge is 2.44. The Balaban J connectivity index is 2.19. The number of sulfonamides is 1. The highest BCUT2D eigenvalue weighted by atomic mass is 32.2. The zero-order valence-corrected chi connectivity index (χ0v) is 20.6. The van der Waals surface area contributed by atoms with Gasteiger partial charge in [-0.15, -0.1) is 0 Å². The molecule has 0 saturated heterocycles. The maximum absolute atomic E-state index is 13.7. The van der Waals surface area contributed by atoms with Crippen LogP contribution in [0, 0.1) is 6.92 Å². The van der Waals surface area contributed by atoms with Crippen LogP contribution in [0.2, 0.25) is 0 Å². The summed E-state index contributed by atoms with van der Waals surface area (Å²) in [7, 11) is -1.17. The fraction of sp³-hybridized carbons (Fsp3) is 0.417. The summed E-state index contributed by atoms with van der Waals surface area (Å²) in [6.45, 7) is 3.79. The van der Waals surface area contributed by atoms with Crippen LogP contribution in [0.5, 0.6) is 5.75 Å². The van der Waals surface area contributed by atoms with Gasteiger partial charge < -0.3 is 19.4 Å². The molecule has 0 bridgehead atoms. The molecule has 9 nitrogen and oxygen atoms in total. The first-order valence-corrected chi connectivity index (χ1v) is 12.4. The van der Waals surface area contributed by atoms with Gasteiger partial charge in [-0.05, 0) is 44.5 Å². The van der Waals surface area contributed by atoms with E-state index in [4.69, 9.17) is 14.3 Å². The highest BCUT2D eigenvalue weighted by molar-refractivity contribution is 7.92. The van der Waals surface area contributed by atoms with Crippen molar-refractivity contribution in [3.8, 4) is 5.75 Å². The lowest BCUT2D eigenvalue weighted by molar-refractivity contribution is -0.144. The van der Waals surface area contributed by atoms with Crippen LogP contribution in [0.15, 0.2) is 52.5 Å². The van der Waals surface area contributed by atoms with Gasteiger partial charge in [-0.25, -0.2) is 8.42 Å². The van der Waals surface area contributed by atoms with Crippen molar-refractivity contribution in [2.24, 2.45) is 5.16 Å². The van der Waals surface area contributed by atoms with Crippen molar-refractivity contribution < 1.29 is 32.6 Å². The summed E-state index contributed by atoms with van der Waals surface area (Å²) < 4.78 is 39.0. The molecular weight excluding hydrogens is 460 g/mol. The van der Waals surface area contributed by atoms with Crippen LogP contribution >= 0.6 is 0 Å². The van der Waals surface area contributed by atoms with Crippen LogP contribution in [0.25, 0.3) is 0 Å². The number of fused-ring (bicyclic) bond motifs is 1. The van der Waals surface area contributed by atoms with Crippen molar-refractivity contribution in [3.63, 3.8) is 0 Å². The van der Waals surface area contributed by atoms with E-state index in [2.05, 4.69) is 5.16 Å². The van der Waals surface area contributed by atoms with Crippen molar-refractivity contribution in [3.05, 3.63) is 53.6 Å². The van der Waals surface area contributed by atoms with Crippen molar-refractivity contribution >= 4 is 27.4 Å². The number of aryl methyl sites for hydroxylation is 1. The molecule has 1 unspecified atom stereocenters. The minimum atomic E-state index is -3.99. The number of carbonyl (C=O) groups excluding carboxylic acids is 1. The lowest BCUT2D eigenvalue weighted by Crippen LogP contribution is -2.36. The molecule has 0 amide bonds. The summed E-state index contributed by atoms with van der Waals surface area (Å²) in [5.41, 5.74) is -0.0942. The molecule has 0 aromatic heterocycles. The molecule has 1 aliphatic rings. The van der Waals surface area contributed by atoms with Crippen LogP contribution < -0.4 is 9.04 Å². The lowest BCUT2D eigenvalue weighted by atomic mass is 9.83. The second-order valence-corrected chi connectivity index (χ2v) is 9.77. The fourth-order valence-corrected chi connectivity index (χ4v) is 5.47. The van der Waals surface area contributed by atoms with E-state index in [0.29, 0.717) is 5.75 Å². The Morgan fingerprint density at radius 1 is 1.18 bits per heavy atom. The van der Waals surface area contributed by atoms with Crippen molar-refractivity contribution in [2.45, 2.75) is 43.6 Å². The SMILES string of the molecule is CCOC(=O)CCC1(O)/C(=N/OC)CCN(S(=O)(=O)c2ccc(C)cc2)c2cc(OC)ccc21. The molecule has 0 saturated carbocycles. The van der Waals surface area contributed by atoms with Crippen LogP contribution in [0.1, 0.15) is 37.3 Å². The number of nitrogens with zero attached hydrogens (tertiary/aromatic N) is 2. The quantitative estimate of drug-likeness (QED) is 0.447. The standard InChI is InChI=1S/C24H30N2O7S/c1-5-33-23(27)12-14-24(28)20-11-8-18(31-3)16-21(20)26(15-13-22(24)25-32-4)34(29,30)19-9-6-17(2)7-10-19/h6-11,16,28H,5,12-15H2,1-4H3/b25-22+. The van der Waals surface area contributed by atoms with Gasteiger partial charge in [0.05, 0.1) is 30.0 Å². The lowest BCUT2D eigenvalue weighted by Gasteiger charge is -2.30. The normalized spacial score (nSPS) is 19.3. The Morgan fingerprint density at radius 3 is 2.50 bits per heavy atom. The number of rotatable bonds is 8. The number of carbonyl (C=O) groups is 1. The average Bonchev–Trinajstić information content (AvgIpc) is 2.93. The van der Waals surface area contributed by atoms with Crippen LogP contribution in [0.3, 0.4) is 0 Å². The van der Waals surface area contributed by atoms with E-state index < -0.39 is 21.6 Å². The molecule has 0 radical (unpaired) electrons. The van der Waals surface area contributed by atoms with Crippen molar-refractivity contribution in [1.29, 1.82) is 0 Å². The molecule has 34 heavy (non-hydrogen) atoms. The number of oxime groups is 1. The maximum Gasteiger partial charge on any atom is 0.305 e.